The summed E-state index contributed by atoms with van der Waals surface area (Å²) in [5.74, 6) is 2.07. The van der Waals surface area contributed by atoms with Crippen LogP contribution in [0.1, 0.15) is 111 Å². The molecule has 1 aromatic rings. The number of aliphatic hydroxyl groups is 1. The average molecular weight is 613 g/mol. The first-order valence-corrected chi connectivity index (χ1v) is 17.3. The van der Waals surface area contributed by atoms with Gasteiger partial charge in [0, 0.05) is 24.7 Å². The summed E-state index contributed by atoms with van der Waals surface area (Å²) in [6, 6.07) is -1.92. The zero-order valence-corrected chi connectivity index (χ0v) is 27.5. The molecule has 9 heteroatoms. The number of amides is 2. The number of carboxylic acids is 1. The molecule has 0 aliphatic heterocycles. The van der Waals surface area contributed by atoms with Crippen molar-refractivity contribution < 1.29 is 24.6 Å². The van der Waals surface area contributed by atoms with E-state index in [4.69, 9.17) is 0 Å². The van der Waals surface area contributed by atoms with Crippen molar-refractivity contribution in [1.29, 1.82) is 0 Å². The molecule has 11 atom stereocenters. The van der Waals surface area contributed by atoms with Crippen LogP contribution in [0.2, 0.25) is 0 Å². The summed E-state index contributed by atoms with van der Waals surface area (Å²) in [5, 5.41) is 25.6. The molecule has 9 nitrogen and oxygen atoms in total. The third kappa shape index (κ3) is 6.45. The number of rotatable bonds is 11. The number of carbonyl (C=O) groups is 3. The number of aliphatic hydroxyl groups excluding tert-OH is 1. The van der Waals surface area contributed by atoms with Crippen molar-refractivity contribution in [2.45, 2.75) is 130 Å². The van der Waals surface area contributed by atoms with E-state index in [1.54, 1.807) is 0 Å². The maximum atomic E-state index is 13.2. The summed E-state index contributed by atoms with van der Waals surface area (Å²) in [6.45, 7) is 11.1. The SMILES string of the molecule is CC(C)[C@H](NC(=O)CC[C@@H](C)[C@H]1CC[C@H]2[C@@H]3CC[C@@H]4C[C@H](O)CC[C@]4(C)[C@H]3CC[C@]12C)C(=O)N[C@@H](Cc1cnc[nH]1)C(=O)O. The Kier molecular flexibility index (Phi) is 9.84. The highest BCUT2D eigenvalue weighted by Gasteiger charge is 2.60. The van der Waals surface area contributed by atoms with Crippen LogP contribution in [0.5, 0.6) is 0 Å². The smallest absolute Gasteiger partial charge is 0.326 e. The molecule has 1 heterocycles. The second kappa shape index (κ2) is 13.1. The molecule has 2 amide bonds. The number of hydrogen-bond donors (Lipinski definition) is 5. The maximum absolute atomic E-state index is 13.2. The summed E-state index contributed by atoms with van der Waals surface area (Å²) < 4.78 is 0. The molecule has 5 N–H and O–H groups in total. The van der Waals surface area contributed by atoms with Crippen LogP contribution >= 0.6 is 0 Å². The van der Waals surface area contributed by atoms with E-state index in [0.717, 1.165) is 37.0 Å². The van der Waals surface area contributed by atoms with Gasteiger partial charge in [-0.25, -0.2) is 9.78 Å². The zero-order valence-electron chi connectivity index (χ0n) is 27.5. The Labute approximate surface area is 263 Å². The van der Waals surface area contributed by atoms with E-state index in [9.17, 15) is 24.6 Å². The Balaban J connectivity index is 1.15. The first-order chi connectivity index (χ1) is 20.8. The Morgan fingerprint density at radius 2 is 1.73 bits per heavy atom. The number of aliphatic carboxylic acids is 1. The highest BCUT2D eigenvalue weighted by atomic mass is 16.4. The highest BCUT2D eigenvalue weighted by molar-refractivity contribution is 5.90. The van der Waals surface area contributed by atoms with Gasteiger partial charge in [0.05, 0.1) is 12.4 Å². The van der Waals surface area contributed by atoms with Crippen molar-refractivity contribution in [1.82, 2.24) is 20.6 Å². The Bertz CT molecular complexity index is 1170. The van der Waals surface area contributed by atoms with Gasteiger partial charge in [0.1, 0.15) is 12.1 Å². The standard InChI is InChI=1S/C35H56N4O5/c1-20(2)31(32(42)38-29(33(43)44)17-23-18-36-19-37-23)39-30(41)11-6-21(3)26-9-10-27-25-8-7-22-16-24(40)12-14-34(22,4)28(25)13-15-35(26,27)5/h18-22,24-29,31,40H,6-17H2,1-5H3,(H,36,37)(H,38,42)(H,39,41)(H,43,44)/t21-,22-,24-,25+,26-,27+,28+,29+,31+,34+,35-/m1/s1. The number of carbonyl (C=O) groups excluding carboxylic acids is 2. The lowest BCUT2D eigenvalue weighted by atomic mass is 9.44. The van der Waals surface area contributed by atoms with Crippen LogP contribution in [0.3, 0.4) is 0 Å². The third-order valence-electron chi connectivity index (χ3n) is 13.1. The molecule has 4 fully saturated rings. The molecule has 4 aliphatic carbocycles. The van der Waals surface area contributed by atoms with Gasteiger partial charge in [-0.2, -0.15) is 0 Å². The number of nitrogens with zero attached hydrogens (tertiary/aromatic N) is 1. The van der Waals surface area contributed by atoms with Gasteiger partial charge in [-0.05, 0) is 116 Å². The monoisotopic (exact) mass is 612 g/mol. The zero-order chi connectivity index (χ0) is 31.8. The van der Waals surface area contributed by atoms with Crippen molar-refractivity contribution in [2.75, 3.05) is 0 Å². The van der Waals surface area contributed by atoms with Crippen molar-refractivity contribution in [3.05, 3.63) is 18.2 Å². The molecule has 246 valence electrons. The summed E-state index contributed by atoms with van der Waals surface area (Å²) in [7, 11) is 0. The summed E-state index contributed by atoms with van der Waals surface area (Å²) in [5.41, 5.74) is 1.31. The predicted molar refractivity (Wildman–Crippen MR) is 168 cm³/mol. The van der Waals surface area contributed by atoms with Crippen molar-refractivity contribution in [3.8, 4) is 0 Å². The molecule has 0 bridgehead atoms. The largest absolute Gasteiger partial charge is 0.480 e. The fraction of sp³-hybridized carbons (Fsp3) is 0.829. The van der Waals surface area contributed by atoms with Gasteiger partial charge in [0.2, 0.25) is 11.8 Å². The molecule has 5 rings (SSSR count). The van der Waals surface area contributed by atoms with E-state index in [1.165, 1.54) is 57.5 Å². The third-order valence-corrected chi connectivity index (χ3v) is 13.1. The minimum absolute atomic E-state index is 0.0864. The van der Waals surface area contributed by atoms with Crippen LogP contribution < -0.4 is 10.6 Å². The van der Waals surface area contributed by atoms with Gasteiger partial charge in [-0.3, -0.25) is 9.59 Å². The van der Waals surface area contributed by atoms with E-state index >= 15 is 0 Å². The van der Waals surface area contributed by atoms with Gasteiger partial charge in [-0.15, -0.1) is 0 Å². The number of H-pyrrole nitrogens is 1. The van der Waals surface area contributed by atoms with Crippen molar-refractivity contribution in [3.63, 3.8) is 0 Å². The number of hydrogen-bond acceptors (Lipinski definition) is 5. The molecule has 0 spiro atoms. The Morgan fingerprint density at radius 3 is 2.41 bits per heavy atom. The van der Waals surface area contributed by atoms with Gasteiger partial charge >= 0.3 is 5.97 Å². The first-order valence-electron chi connectivity index (χ1n) is 17.3. The second-order valence-electron chi connectivity index (χ2n) is 15.8. The van der Waals surface area contributed by atoms with Crippen molar-refractivity contribution in [2.24, 2.45) is 52.3 Å². The maximum Gasteiger partial charge on any atom is 0.326 e. The summed E-state index contributed by atoms with van der Waals surface area (Å²) in [6.07, 6.45) is 14.9. The average Bonchev–Trinajstić information content (AvgIpc) is 3.61. The molecule has 0 radical (unpaired) electrons. The molecule has 4 aliphatic rings. The number of imidazole rings is 1. The Morgan fingerprint density at radius 1 is 1.00 bits per heavy atom. The van der Waals surface area contributed by atoms with E-state index in [-0.39, 0.29) is 24.3 Å². The van der Waals surface area contributed by atoms with Crippen LogP contribution in [0.15, 0.2) is 12.5 Å². The number of aromatic nitrogens is 2. The van der Waals surface area contributed by atoms with E-state index in [1.807, 2.05) is 13.8 Å². The molecule has 1 aromatic heterocycles. The van der Waals surface area contributed by atoms with Gasteiger partial charge < -0.3 is 25.8 Å². The number of nitrogens with one attached hydrogen (secondary N) is 3. The predicted octanol–water partition coefficient (Wildman–Crippen LogP) is 5.10. The molecule has 0 unspecified atom stereocenters. The van der Waals surface area contributed by atoms with Crippen LogP contribution in [-0.2, 0) is 20.8 Å². The summed E-state index contributed by atoms with van der Waals surface area (Å²) in [4.78, 5) is 44.9. The van der Waals surface area contributed by atoms with E-state index in [2.05, 4.69) is 41.4 Å². The molecule has 0 saturated heterocycles. The molecule has 44 heavy (non-hydrogen) atoms. The number of carboxylic acid groups (broad SMARTS) is 1. The van der Waals surface area contributed by atoms with E-state index in [0.29, 0.717) is 40.7 Å². The minimum atomic E-state index is -1.13. The Hall–Kier alpha value is -2.42. The van der Waals surface area contributed by atoms with Gasteiger partial charge in [0.25, 0.3) is 0 Å². The fourth-order valence-corrected chi connectivity index (χ4v) is 10.6. The summed E-state index contributed by atoms with van der Waals surface area (Å²) >= 11 is 0. The number of aromatic amines is 1. The minimum Gasteiger partial charge on any atom is -0.480 e. The van der Waals surface area contributed by atoms with E-state index < -0.39 is 24.0 Å². The quantitative estimate of drug-likeness (QED) is 0.235. The molecular formula is C35H56N4O5. The fourth-order valence-electron chi connectivity index (χ4n) is 10.6. The van der Waals surface area contributed by atoms with Crippen LogP contribution in [0, 0.1) is 52.3 Å². The lowest BCUT2D eigenvalue weighted by molar-refractivity contribution is -0.142. The topological polar surface area (TPSA) is 144 Å². The molecule has 0 aromatic carbocycles. The van der Waals surface area contributed by atoms with Crippen LogP contribution in [-0.4, -0.2) is 56.2 Å². The van der Waals surface area contributed by atoms with Gasteiger partial charge in [0.15, 0.2) is 0 Å². The van der Waals surface area contributed by atoms with Crippen LogP contribution in [0.25, 0.3) is 0 Å². The second-order valence-corrected chi connectivity index (χ2v) is 15.8. The van der Waals surface area contributed by atoms with Crippen LogP contribution in [0.4, 0.5) is 0 Å². The lowest BCUT2D eigenvalue weighted by Crippen LogP contribution is -2.54. The lowest BCUT2D eigenvalue weighted by Gasteiger charge is -2.61. The van der Waals surface area contributed by atoms with Crippen molar-refractivity contribution >= 4 is 17.8 Å². The first kappa shape index (κ1) is 33.0. The molecule has 4 saturated carbocycles. The highest BCUT2D eigenvalue weighted by Crippen LogP contribution is 2.68. The van der Waals surface area contributed by atoms with Gasteiger partial charge in [-0.1, -0.05) is 34.6 Å². The molecular weight excluding hydrogens is 556 g/mol. The number of fused-ring (bicyclic) bond motifs is 5. The normalized spacial score (nSPS) is 36.8.